The molecule has 1 saturated heterocycles. The van der Waals surface area contributed by atoms with Gasteiger partial charge >= 0.3 is 0 Å². The molecule has 1 fully saturated rings. The van der Waals surface area contributed by atoms with E-state index in [1.807, 2.05) is 0 Å². The van der Waals surface area contributed by atoms with Crippen molar-refractivity contribution in [3.05, 3.63) is 29.8 Å². The summed E-state index contributed by atoms with van der Waals surface area (Å²) in [5.74, 6) is -0.0442. The molecule has 1 aromatic rings. The van der Waals surface area contributed by atoms with Gasteiger partial charge < -0.3 is 15.7 Å². The van der Waals surface area contributed by atoms with Gasteiger partial charge in [-0.25, -0.2) is 8.42 Å². The molecular weight excluding hydrogens is 294 g/mol. The largest absolute Gasteiger partial charge is 0.409 e. The van der Waals surface area contributed by atoms with Crippen molar-refractivity contribution in [2.24, 2.45) is 10.9 Å². The Balaban J connectivity index is 2.12. The molecule has 1 aliphatic heterocycles. The van der Waals surface area contributed by atoms with E-state index in [0.717, 1.165) is 12.8 Å². The topological polar surface area (TPSA) is 105 Å². The first-order valence-corrected chi connectivity index (χ1v) is 8.21. The van der Waals surface area contributed by atoms with E-state index in [2.05, 4.69) is 5.16 Å². The van der Waals surface area contributed by atoms with E-state index in [1.165, 1.54) is 11.4 Å². The average Bonchev–Trinajstić information content (AvgIpc) is 2.98. The summed E-state index contributed by atoms with van der Waals surface area (Å²) in [5, 5.41) is 11.5. The first-order valence-electron chi connectivity index (χ1n) is 6.60. The van der Waals surface area contributed by atoms with Crippen LogP contribution in [0.15, 0.2) is 29.4 Å². The third-order valence-corrected chi connectivity index (χ3v) is 5.31. The van der Waals surface area contributed by atoms with Gasteiger partial charge in [0.15, 0.2) is 5.84 Å². The minimum Gasteiger partial charge on any atom is -0.409 e. The summed E-state index contributed by atoms with van der Waals surface area (Å²) in [5.41, 5.74) is 6.50. The zero-order valence-electron chi connectivity index (χ0n) is 11.8. The van der Waals surface area contributed by atoms with Gasteiger partial charge in [-0.05, 0) is 37.1 Å². The average molecular weight is 313 g/mol. The number of benzene rings is 1. The lowest BCUT2D eigenvalue weighted by Crippen LogP contribution is -2.33. The van der Waals surface area contributed by atoms with Crippen LogP contribution in [0.3, 0.4) is 0 Å². The van der Waals surface area contributed by atoms with E-state index >= 15 is 0 Å². The van der Waals surface area contributed by atoms with Crippen LogP contribution in [0.5, 0.6) is 0 Å². The number of rotatable bonds is 5. The lowest BCUT2D eigenvalue weighted by atomic mass is 10.2. The maximum absolute atomic E-state index is 12.3. The molecule has 3 N–H and O–H groups in total. The quantitative estimate of drug-likeness (QED) is 0.361. The van der Waals surface area contributed by atoms with Crippen LogP contribution < -0.4 is 10.0 Å². The lowest BCUT2D eigenvalue weighted by Gasteiger charge is -2.21. The van der Waals surface area contributed by atoms with E-state index in [9.17, 15) is 8.42 Å². The van der Waals surface area contributed by atoms with Crippen LogP contribution in [0.2, 0.25) is 0 Å². The van der Waals surface area contributed by atoms with E-state index in [1.54, 1.807) is 24.3 Å². The highest BCUT2D eigenvalue weighted by atomic mass is 32.2. The van der Waals surface area contributed by atoms with Crippen molar-refractivity contribution in [1.82, 2.24) is 0 Å². The van der Waals surface area contributed by atoms with Crippen LogP contribution >= 0.6 is 0 Å². The normalized spacial score (nSPS) is 19.7. The Morgan fingerprint density at radius 1 is 1.48 bits per heavy atom. The first kappa shape index (κ1) is 15.6. The van der Waals surface area contributed by atoms with Gasteiger partial charge in [-0.15, -0.1) is 0 Å². The molecule has 2 rings (SSSR count). The second-order valence-corrected chi connectivity index (χ2v) is 6.96. The SMILES string of the molecule is CN(c1ccc(C(N)=NO)cc1)S(=O)(=O)CC1CCCO1. The van der Waals surface area contributed by atoms with E-state index < -0.39 is 10.0 Å². The molecule has 0 amide bonds. The number of ether oxygens (including phenoxy) is 1. The zero-order valence-corrected chi connectivity index (χ0v) is 12.6. The molecule has 0 aliphatic carbocycles. The maximum atomic E-state index is 12.3. The highest BCUT2D eigenvalue weighted by molar-refractivity contribution is 7.92. The Labute approximate surface area is 124 Å². The van der Waals surface area contributed by atoms with Gasteiger partial charge in [-0.1, -0.05) is 5.16 Å². The minimum absolute atomic E-state index is 0.0218. The van der Waals surface area contributed by atoms with Gasteiger partial charge in [0.25, 0.3) is 0 Å². The summed E-state index contributed by atoms with van der Waals surface area (Å²) >= 11 is 0. The molecule has 1 atom stereocenters. The Morgan fingerprint density at radius 2 is 2.14 bits per heavy atom. The van der Waals surface area contributed by atoms with E-state index in [-0.39, 0.29) is 17.7 Å². The molecule has 0 bridgehead atoms. The molecule has 1 unspecified atom stereocenters. The Kier molecular flexibility index (Phi) is 4.69. The summed E-state index contributed by atoms with van der Waals surface area (Å²) in [7, 11) is -1.94. The summed E-state index contributed by atoms with van der Waals surface area (Å²) in [4.78, 5) is 0. The molecule has 1 heterocycles. The van der Waals surface area contributed by atoms with Crippen molar-refractivity contribution in [2.75, 3.05) is 23.7 Å². The molecule has 116 valence electrons. The first-order chi connectivity index (χ1) is 9.94. The number of oxime groups is 1. The lowest BCUT2D eigenvalue weighted by molar-refractivity contribution is 0.127. The monoisotopic (exact) mass is 313 g/mol. The van der Waals surface area contributed by atoms with E-state index in [4.69, 9.17) is 15.7 Å². The van der Waals surface area contributed by atoms with Crippen LogP contribution in [-0.2, 0) is 14.8 Å². The fourth-order valence-corrected chi connectivity index (χ4v) is 3.58. The number of sulfonamides is 1. The van der Waals surface area contributed by atoms with Crippen molar-refractivity contribution in [3.63, 3.8) is 0 Å². The highest BCUT2D eigenvalue weighted by Gasteiger charge is 2.26. The molecule has 0 spiro atoms. The maximum Gasteiger partial charge on any atom is 0.237 e. The fourth-order valence-electron chi connectivity index (χ4n) is 2.18. The molecule has 1 aliphatic rings. The van der Waals surface area contributed by atoms with Crippen molar-refractivity contribution < 1.29 is 18.4 Å². The fraction of sp³-hybridized carbons (Fsp3) is 0.462. The number of nitrogens with zero attached hydrogens (tertiary/aromatic N) is 2. The third-order valence-electron chi connectivity index (χ3n) is 3.47. The van der Waals surface area contributed by atoms with Gasteiger partial charge in [0, 0.05) is 19.2 Å². The Hall–Kier alpha value is -1.80. The molecule has 8 heteroatoms. The molecule has 1 aromatic carbocycles. The van der Waals surface area contributed by atoms with Gasteiger partial charge in [0.1, 0.15) is 0 Å². The van der Waals surface area contributed by atoms with Crippen molar-refractivity contribution in [3.8, 4) is 0 Å². The number of hydrogen-bond donors (Lipinski definition) is 2. The molecule has 0 saturated carbocycles. The molecule has 0 aromatic heterocycles. The van der Waals surface area contributed by atoms with Crippen LogP contribution in [0.4, 0.5) is 5.69 Å². The number of nitrogens with two attached hydrogens (primary N) is 1. The summed E-state index contributed by atoms with van der Waals surface area (Å²) in [6.07, 6.45) is 1.45. The summed E-state index contributed by atoms with van der Waals surface area (Å²) < 4.78 is 31.2. The highest BCUT2D eigenvalue weighted by Crippen LogP contribution is 2.21. The van der Waals surface area contributed by atoms with E-state index in [0.29, 0.717) is 17.9 Å². The molecule has 21 heavy (non-hydrogen) atoms. The van der Waals surface area contributed by atoms with Crippen LogP contribution in [0, 0.1) is 0 Å². The Bertz CT molecular complexity index is 607. The summed E-state index contributed by atoms with van der Waals surface area (Å²) in [6, 6.07) is 6.42. The second kappa shape index (κ2) is 6.31. The van der Waals surface area contributed by atoms with Crippen LogP contribution in [-0.4, -0.2) is 45.0 Å². The smallest absolute Gasteiger partial charge is 0.237 e. The number of hydrogen-bond acceptors (Lipinski definition) is 5. The van der Waals surface area contributed by atoms with Crippen molar-refractivity contribution >= 4 is 21.5 Å². The van der Waals surface area contributed by atoms with Crippen molar-refractivity contribution in [1.29, 1.82) is 0 Å². The molecular formula is C13H19N3O4S. The standard InChI is InChI=1S/C13H19N3O4S/c1-16(21(18,19)9-12-3-2-8-20-12)11-6-4-10(5-7-11)13(14)15-17/h4-7,12,17H,2-3,8-9H2,1H3,(H2,14,15). The zero-order chi connectivity index (χ0) is 15.5. The van der Waals surface area contributed by atoms with Gasteiger partial charge in [-0.2, -0.15) is 0 Å². The Morgan fingerprint density at radius 3 is 2.67 bits per heavy atom. The predicted molar refractivity (Wildman–Crippen MR) is 80.1 cm³/mol. The van der Waals surface area contributed by atoms with Gasteiger partial charge in [-0.3, -0.25) is 4.31 Å². The molecule has 0 radical (unpaired) electrons. The van der Waals surface area contributed by atoms with Crippen molar-refractivity contribution in [2.45, 2.75) is 18.9 Å². The third kappa shape index (κ3) is 3.64. The number of amidine groups is 1. The second-order valence-electron chi connectivity index (χ2n) is 4.91. The van der Waals surface area contributed by atoms with Gasteiger partial charge in [0.05, 0.1) is 17.5 Å². The minimum atomic E-state index is -3.44. The predicted octanol–water partition coefficient (Wildman–Crippen LogP) is 0.726. The van der Waals surface area contributed by atoms with Gasteiger partial charge in [0.2, 0.25) is 10.0 Å². The molecule has 7 nitrogen and oxygen atoms in total. The number of anilines is 1. The van der Waals surface area contributed by atoms with Crippen LogP contribution in [0.1, 0.15) is 18.4 Å². The summed E-state index contributed by atoms with van der Waals surface area (Å²) in [6.45, 7) is 0.623. The van der Waals surface area contributed by atoms with Crippen LogP contribution in [0.25, 0.3) is 0 Å².